The lowest BCUT2D eigenvalue weighted by molar-refractivity contribution is 0.410. The topological polar surface area (TPSA) is 89.9 Å². The van der Waals surface area contributed by atoms with Crippen molar-refractivity contribution in [3.8, 4) is 11.7 Å². The molecule has 0 atom stereocenters. The summed E-state index contributed by atoms with van der Waals surface area (Å²) in [5.74, 6) is 2.96. The van der Waals surface area contributed by atoms with Crippen LogP contribution < -0.4 is 5.32 Å². The second kappa shape index (κ2) is 5.35. The number of rotatable bonds is 4. The summed E-state index contributed by atoms with van der Waals surface area (Å²) in [4.78, 5) is 13.0. The van der Waals surface area contributed by atoms with Gasteiger partial charge in [0, 0.05) is 11.3 Å². The average molecular weight is 285 g/mol. The molecule has 0 aliphatic rings. The lowest BCUT2D eigenvalue weighted by Gasteiger charge is -2.09. The zero-order valence-electron chi connectivity index (χ0n) is 12.0. The Hall–Kier alpha value is -2.70. The lowest BCUT2D eigenvalue weighted by Crippen LogP contribution is -2.07. The third-order valence-corrected chi connectivity index (χ3v) is 3.12. The summed E-state index contributed by atoms with van der Waals surface area (Å²) in [6.45, 7) is 6.21. The van der Waals surface area contributed by atoms with Crippen LogP contribution in [0, 0.1) is 20.8 Å². The van der Waals surface area contributed by atoms with Crippen LogP contribution in [-0.4, -0.2) is 20.1 Å². The average Bonchev–Trinajstić information content (AvgIpc) is 3.11. The maximum atomic E-state index is 5.21. The minimum Gasteiger partial charge on any atom is -0.459 e. The summed E-state index contributed by atoms with van der Waals surface area (Å²) in [7, 11) is 0. The number of hydrogen-bond acceptors (Lipinski definition) is 7. The molecule has 3 heterocycles. The van der Waals surface area contributed by atoms with Gasteiger partial charge in [-0.2, -0.15) is 4.98 Å². The van der Waals surface area contributed by atoms with Gasteiger partial charge in [0.1, 0.15) is 11.6 Å². The fourth-order valence-corrected chi connectivity index (χ4v) is 1.93. The van der Waals surface area contributed by atoms with Crippen molar-refractivity contribution in [3.05, 3.63) is 41.3 Å². The molecule has 7 heteroatoms. The third kappa shape index (κ3) is 2.76. The van der Waals surface area contributed by atoms with Crippen LogP contribution in [0.2, 0.25) is 0 Å². The Labute approximate surface area is 121 Å². The number of aryl methyl sites for hydroxylation is 2. The summed E-state index contributed by atoms with van der Waals surface area (Å²) in [5, 5.41) is 7.11. The zero-order chi connectivity index (χ0) is 14.8. The first-order valence-electron chi connectivity index (χ1n) is 6.55. The molecule has 108 valence electrons. The highest BCUT2D eigenvalue weighted by atomic mass is 16.5. The Morgan fingerprint density at radius 2 is 2.00 bits per heavy atom. The number of nitrogens with one attached hydrogen (secondary N) is 1. The first-order chi connectivity index (χ1) is 10.1. The molecular formula is C14H15N5O2. The van der Waals surface area contributed by atoms with Crippen LogP contribution in [0.5, 0.6) is 0 Å². The molecule has 0 aliphatic carbocycles. The van der Waals surface area contributed by atoms with E-state index in [0.717, 1.165) is 22.9 Å². The van der Waals surface area contributed by atoms with E-state index >= 15 is 0 Å². The molecule has 0 radical (unpaired) electrons. The van der Waals surface area contributed by atoms with Crippen molar-refractivity contribution in [3.63, 3.8) is 0 Å². The van der Waals surface area contributed by atoms with Gasteiger partial charge >= 0.3 is 0 Å². The Bertz CT molecular complexity index is 749. The molecule has 7 nitrogen and oxygen atoms in total. The van der Waals surface area contributed by atoms with Crippen molar-refractivity contribution >= 4 is 5.82 Å². The van der Waals surface area contributed by atoms with Gasteiger partial charge in [0.2, 0.25) is 0 Å². The molecule has 3 aromatic heterocycles. The Morgan fingerprint density at radius 3 is 2.76 bits per heavy atom. The maximum absolute atomic E-state index is 5.21. The molecule has 0 spiro atoms. The lowest BCUT2D eigenvalue weighted by atomic mass is 10.2. The summed E-state index contributed by atoms with van der Waals surface area (Å²) >= 11 is 0. The van der Waals surface area contributed by atoms with E-state index in [9.17, 15) is 0 Å². The summed E-state index contributed by atoms with van der Waals surface area (Å²) in [6, 6.07) is 3.54. The monoisotopic (exact) mass is 285 g/mol. The standard InChI is InChI=1S/C14H15N5O2/c1-8-9(2)16-10(3)17-13(8)15-7-12-18-14(21-19-12)11-5-4-6-20-11/h4-6H,7H2,1-3H3,(H,15,16,17). The van der Waals surface area contributed by atoms with Crippen LogP contribution in [0.4, 0.5) is 5.82 Å². The fourth-order valence-electron chi connectivity index (χ4n) is 1.93. The zero-order valence-corrected chi connectivity index (χ0v) is 12.0. The highest BCUT2D eigenvalue weighted by Gasteiger charge is 2.12. The minimum atomic E-state index is 0.364. The van der Waals surface area contributed by atoms with Gasteiger partial charge in [-0.05, 0) is 32.9 Å². The normalized spacial score (nSPS) is 10.8. The summed E-state index contributed by atoms with van der Waals surface area (Å²) in [6.07, 6.45) is 1.56. The van der Waals surface area contributed by atoms with E-state index in [1.165, 1.54) is 0 Å². The van der Waals surface area contributed by atoms with Crippen molar-refractivity contribution < 1.29 is 8.94 Å². The molecule has 3 rings (SSSR count). The predicted octanol–water partition coefficient (Wildman–Crippen LogP) is 2.66. The van der Waals surface area contributed by atoms with Crippen molar-refractivity contribution in [2.45, 2.75) is 27.3 Å². The third-order valence-electron chi connectivity index (χ3n) is 3.12. The largest absolute Gasteiger partial charge is 0.459 e. The van der Waals surface area contributed by atoms with Crippen LogP contribution in [0.1, 0.15) is 22.9 Å². The first kappa shape index (κ1) is 13.3. The molecule has 1 N–H and O–H groups in total. The highest BCUT2D eigenvalue weighted by Crippen LogP contribution is 2.18. The smallest absolute Gasteiger partial charge is 0.293 e. The van der Waals surface area contributed by atoms with Crippen LogP contribution >= 0.6 is 0 Å². The highest BCUT2D eigenvalue weighted by molar-refractivity contribution is 5.46. The van der Waals surface area contributed by atoms with Crippen LogP contribution in [0.25, 0.3) is 11.7 Å². The van der Waals surface area contributed by atoms with E-state index in [4.69, 9.17) is 8.94 Å². The molecule has 0 aromatic carbocycles. The van der Waals surface area contributed by atoms with Crippen LogP contribution in [0.15, 0.2) is 27.3 Å². The van der Waals surface area contributed by atoms with Gasteiger partial charge in [0.25, 0.3) is 5.89 Å². The van der Waals surface area contributed by atoms with E-state index in [-0.39, 0.29) is 0 Å². The van der Waals surface area contributed by atoms with Gasteiger partial charge < -0.3 is 14.3 Å². The Morgan fingerprint density at radius 1 is 1.14 bits per heavy atom. The number of anilines is 1. The Balaban J connectivity index is 1.74. The van der Waals surface area contributed by atoms with Crippen molar-refractivity contribution in [1.29, 1.82) is 0 Å². The number of hydrogen-bond donors (Lipinski definition) is 1. The van der Waals surface area contributed by atoms with Gasteiger partial charge in [-0.1, -0.05) is 5.16 Å². The second-order valence-electron chi connectivity index (χ2n) is 4.68. The van der Waals surface area contributed by atoms with E-state index < -0.39 is 0 Å². The van der Waals surface area contributed by atoms with Gasteiger partial charge in [0.05, 0.1) is 12.8 Å². The molecule has 0 fully saturated rings. The quantitative estimate of drug-likeness (QED) is 0.788. The van der Waals surface area contributed by atoms with Crippen LogP contribution in [0.3, 0.4) is 0 Å². The minimum absolute atomic E-state index is 0.364. The van der Waals surface area contributed by atoms with Crippen molar-refractivity contribution in [2.24, 2.45) is 0 Å². The molecule has 0 saturated carbocycles. The molecule has 0 amide bonds. The summed E-state index contributed by atoms with van der Waals surface area (Å²) < 4.78 is 10.4. The molecule has 0 bridgehead atoms. The maximum Gasteiger partial charge on any atom is 0.293 e. The predicted molar refractivity (Wildman–Crippen MR) is 75.6 cm³/mol. The van der Waals surface area contributed by atoms with E-state index in [1.54, 1.807) is 18.4 Å². The van der Waals surface area contributed by atoms with Crippen LogP contribution in [-0.2, 0) is 6.54 Å². The number of aromatic nitrogens is 4. The van der Waals surface area contributed by atoms with E-state index in [2.05, 4.69) is 25.4 Å². The molecule has 3 aromatic rings. The molecule has 0 unspecified atom stereocenters. The Kier molecular flexibility index (Phi) is 3.39. The molecule has 0 saturated heterocycles. The molecular weight excluding hydrogens is 270 g/mol. The SMILES string of the molecule is Cc1nc(C)c(C)c(NCc2noc(-c3ccco3)n2)n1. The molecule has 21 heavy (non-hydrogen) atoms. The van der Waals surface area contributed by atoms with Gasteiger partial charge in [-0.15, -0.1) is 0 Å². The van der Waals surface area contributed by atoms with Crippen molar-refractivity contribution in [1.82, 2.24) is 20.1 Å². The first-order valence-corrected chi connectivity index (χ1v) is 6.55. The fraction of sp³-hybridized carbons (Fsp3) is 0.286. The van der Waals surface area contributed by atoms with E-state index in [1.807, 2.05) is 20.8 Å². The molecule has 0 aliphatic heterocycles. The number of furan rings is 1. The number of nitrogens with zero attached hydrogens (tertiary/aromatic N) is 4. The van der Waals surface area contributed by atoms with Crippen molar-refractivity contribution in [2.75, 3.05) is 5.32 Å². The summed E-state index contributed by atoms with van der Waals surface area (Å²) in [5.41, 5.74) is 1.96. The van der Waals surface area contributed by atoms with Gasteiger partial charge in [-0.3, -0.25) is 0 Å². The van der Waals surface area contributed by atoms with Gasteiger partial charge in [0.15, 0.2) is 11.6 Å². The second-order valence-corrected chi connectivity index (χ2v) is 4.68. The van der Waals surface area contributed by atoms with E-state index in [0.29, 0.717) is 24.0 Å². The van der Waals surface area contributed by atoms with Gasteiger partial charge in [-0.25, -0.2) is 9.97 Å².